The standard InChI is InChI=1S/C12H11F6NO2/c1-10(9(20)21,12(16,17)18)19-6-7-3-2-4-8(5-7)11(13,14)15/h2-5,19H,6H2,1H3,(H,20,21). The monoisotopic (exact) mass is 315 g/mol. The Morgan fingerprint density at radius 3 is 2.19 bits per heavy atom. The molecule has 1 unspecified atom stereocenters. The topological polar surface area (TPSA) is 49.3 Å². The van der Waals surface area contributed by atoms with E-state index in [1.54, 1.807) is 5.32 Å². The quantitative estimate of drug-likeness (QED) is 0.839. The molecule has 2 N–H and O–H groups in total. The fourth-order valence-electron chi connectivity index (χ4n) is 1.43. The van der Waals surface area contributed by atoms with Crippen LogP contribution in [0.15, 0.2) is 24.3 Å². The van der Waals surface area contributed by atoms with Crippen LogP contribution in [0.1, 0.15) is 18.1 Å². The van der Waals surface area contributed by atoms with Crippen molar-refractivity contribution >= 4 is 5.97 Å². The third-order valence-electron chi connectivity index (χ3n) is 2.90. The van der Waals surface area contributed by atoms with E-state index in [2.05, 4.69) is 0 Å². The smallest absolute Gasteiger partial charge is 0.417 e. The second-order valence-electron chi connectivity index (χ2n) is 4.48. The lowest BCUT2D eigenvalue weighted by atomic mass is 10.0. The number of hydrogen-bond donors (Lipinski definition) is 2. The minimum atomic E-state index is -5.10. The first kappa shape index (κ1) is 17.3. The number of alkyl halides is 6. The fraction of sp³-hybridized carbons (Fsp3) is 0.417. The minimum Gasteiger partial charge on any atom is -0.480 e. The summed E-state index contributed by atoms with van der Waals surface area (Å²) in [5.41, 5.74) is -4.38. The Kier molecular flexibility index (Phi) is 4.57. The average Bonchev–Trinajstić information content (AvgIpc) is 2.33. The van der Waals surface area contributed by atoms with Gasteiger partial charge in [0.15, 0.2) is 0 Å². The number of carboxylic acids is 1. The Labute approximate surface area is 115 Å². The van der Waals surface area contributed by atoms with Gasteiger partial charge in [-0.3, -0.25) is 5.32 Å². The van der Waals surface area contributed by atoms with E-state index in [9.17, 15) is 31.1 Å². The van der Waals surface area contributed by atoms with Gasteiger partial charge in [-0.15, -0.1) is 0 Å². The summed E-state index contributed by atoms with van der Waals surface area (Å²) in [5, 5.41) is 10.4. The normalized spacial score (nSPS) is 15.6. The van der Waals surface area contributed by atoms with Gasteiger partial charge in [-0.05, 0) is 18.6 Å². The van der Waals surface area contributed by atoms with Crippen LogP contribution in [-0.2, 0) is 17.5 Å². The van der Waals surface area contributed by atoms with Crippen molar-refractivity contribution in [1.82, 2.24) is 5.32 Å². The van der Waals surface area contributed by atoms with Gasteiger partial charge in [0, 0.05) is 6.54 Å². The molecule has 0 heterocycles. The van der Waals surface area contributed by atoms with Gasteiger partial charge < -0.3 is 5.11 Å². The third-order valence-corrected chi connectivity index (χ3v) is 2.90. The molecule has 1 aromatic carbocycles. The van der Waals surface area contributed by atoms with E-state index in [0.29, 0.717) is 13.0 Å². The molecule has 1 atom stereocenters. The second-order valence-corrected chi connectivity index (χ2v) is 4.48. The zero-order valence-corrected chi connectivity index (χ0v) is 10.6. The highest BCUT2D eigenvalue weighted by Crippen LogP contribution is 2.32. The maximum Gasteiger partial charge on any atom is 0.417 e. The van der Waals surface area contributed by atoms with Gasteiger partial charge in [-0.25, -0.2) is 4.79 Å². The Hall–Kier alpha value is -1.77. The molecule has 21 heavy (non-hydrogen) atoms. The molecule has 1 aromatic rings. The maximum atomic E-state index is 12.7. The van der Waals surface area contributed by atoms with Crippen LogP contribution in [0.4, 0.5) is 26.3 Å². The van der Waals surface area contributed by atoms with Crippen molar-refractivity contribution in [2.75, 3.05) is 0 Å². The van der Waals surface area contributed by atoms with E-state index >= 15 is 0 Å². The summed E-state index contributed by atoms with van der Waals surface area (Å²) in [5.74, 6) is -2.16. The lowest BCUT2D eigenvalue weighted by Crippen LogP contribution is -2.59. The SMILES string of the molecule is CC(NCc1cccc(C(F)(F)F)c1)(C(=O)O)C(F)(F)F. The molecule has 0 aromatic heterocycles. The number of carboxylic acid groups (broad SMARTS) is 1. The summed E-state index contributed by atoms with van der Waals surface area (Å²) >= 11 is 0. The van der Waals surface area contributed by atoms with Crippen LogP contribution in [0.2, 0.25) is 0 Å². The van der Waals surface area contributed by atoms with Gasteiger partial charge in [0.25, 0.3) is 0 Å². The predicted octanol–water partition coefficient (Wildman–Crippen LogP) is 3.20. The van der Waals surface area contributed by atoms with Crippen molar-refractivity contribution in [3.63, 3.8) is 0 Å². The third kappa shape index (κ3) is 3.87. The number of rotatable bonds is 4. The van der Waals surface area contributed by atoms with Crippen molar-refractivity contribution in [2.45, 2.75) is 31.4 Å². The maximum absolute atomic E-state index is 12.7. The largest absolute Gasteiger partial charge is 0.480 e. The van der Waals surface area contributed by atoms with E-state index in [1.165, 1.54) is 6.07 Å². The lowest BCUT2D eigenvalue weighted by molar-refractivity contribution is -0.206. The Morgan fingerprint density at radius 2 is 1.76 bits per heavy atom. The van der Waals surface area contributed by atoms with Crippen molar-refractivity contribution in [1.29, 1.82) is 0 Å². The summed E-state index contributed by atoms with van der Waals surface area (Å²) in [6.45, 7) is -0.269. The zero-order valence-electron chi connectivity index (χ0n) is 10.6. The average molecular weight is 315 g/mol. The van der Waals surface area contributed by atoms with E-state index < -0.39 is 36.0 Å². The van der Waals surface area contributed by atoms with Gasteiger partial charge in [0.2, 0.25) is 5.54 Å². The molecule has 1 rings (SSSR count). The number of aliphatic carboxylic acids is 1. The molecule has 3 nitrogen and oxygen atoms in total. The molecule has 0 amide bonds. The highest BCUT2D eigenvalue weighted by Gasteiger charge is 2.57. The molecule has 0 aliphatic rings. The molecule has 0 saturated carbocycles. The van der Waals surface area contributed by atoms with Crippen LogP contribution >= 0.6 is 0 Å². The van der Waals surface area contributed by atoms with E-state index in [1.807, 2.05) is 0 Å². The highest BCUT2D eigenvalue weighted by atomic mass is 19.4. The van der Waals surface area contributed by atoms with E-state index in [4.69, 9.17) is 5.11 Å². The molecule has 118 valence electrons. The van der Waals surface area contributed by atoms with E-state index in [0.717, 1.165) is 12.1 Å². The number of halogens is 6. The summed E-state index contributed by atoms with van der Waals surface area (Å²) in [7, 11) is 0. The zero-order chi connectivity index (χ0) is 16.5. The molecule has 9 heteroatoms. The van der Waals surface area contributed by atoms with Crippen LogP contribution in [0.25, 0.3) is 0 Å². The lowest BCUT2D eigenvalue weighted by Gasteiger charge is -2.28. The van der Waals surface area contributed by atoms with Crippen LogP contribution < -0.4 is 5.32 Å². The Balaban J connectivity index is 2.95. The van der Waals surface area contributed by atoms with Gasteiger partial charge in [0.1, 0.15) is 0 Å². The van der Waals surface area contributed by atoms with Crippen LogP contribution in [0, 0.1) is 0 Å². The summed E-state index contributed by atoms with van der Waals surface area (Å²) in [6, 6.07) is 3.63. The van der Waals surface area contributed by atoms with Crippen LogP contribution in [-0.4, -0.2) is 22.8 Å². The molecule has 0 radical (unpaired) electrons. The van der Waals surface area contributed by atoms with Gasteiger partial charge in [-0.1, -0.05) is 18.2 Å². The van der Waals surface area contributed by atoms with Gasteiger partial charge >= 0.3 is 18.3 Å². The first-order chi connectivity index (χ1) is 9.38. The summed E-state index contributed by atoms with van der Waals surface area (Å²) < 4.78 is 75.5. The summed E-state index contributed by atoms with van der Waals surface area (Å²) in [4.78, 5) is 10.8. The van der Waals surface area contributed by atoms with Crippen molar-refractivity contribution in [3.8, 4) is 0 Å². The Bertz CT molecular complexity index is 525. The molecule has 0 aliphatic heterocycles. The molecular formula is C12H11F6NO2. The fourth-order valence-corrected chi connectivity index (χ4v) is 1.43. The van der Waals surface area contributed by atoms with Crippen molar-refractivity contribution in [2.24, 2.45) is 0 Å². The summed E-state index contributed by atoms with van der Waals surface area (Å²) in [6.07, 6.45) is -9.73. The van der Waals surface area contributed by atoms with E-state index in [-0.39, 0.29) is 5.56 Å². The molecule has 0 bridgehead atoms. The molecule has 0 aliphatic carbocycles. The highest BCUT2D eigenvalue weighted by molar-refractivity contribution is 5.79. The first-order valence-electron chi connectivity index (χ1n) is 5.59. The molecular weight excluding hydrogens is 304 g/mol. The van der Waals surface area contributed by atoms with Crippen molar-refractivity contribution < 1.29 is 36.2 Å². The number of benzene rings is 1. The first-order valence-corrected chi connectivity index (χ1v) is 5.59. The minimum absolute atomic E-state index is 0.110. The second kappa shape index (κ2) is 5.55. The van der Waals surface area contributed by atoms with Gasteiger partial charge in [0.05, 0.1) is 5.56 Å². The molecule has 0 spiro atoms. The number of hydrogen-bond acceptors (Lipinski definition) is 2. The van der Waals surface area contributed by atoms with Crippen molar-refractivity contribution in [3.05, 3.63) is 35.4 Å². The molecule has 0 fully saturated rings. The number of carbonyl (C=O) groups is 1. The van der Waals surface area contributed by atoms with Gasteiger partial charge in [-0.2, -0.15) is 26.3 Å². The predicted molar refractivity (Wildman–Crippen MR) is 60.4 cm³/mol. The Morgan fingerprint density at radius 1 is 1.19 bits per heavy atom. The number of nitrogens with one attached hydrogen (secondary N) is 1. The van der Waals surface area contributed by atoms with Crippen LogP contribution in [0.5, 0.6) is 0 Å². The van der Waals surface area contributed by atoms with Crippen LogP contribution in [0.3, 0.4) is 0 Å². The molecule has 0 saturated heterocycles.